The summed E-state index contributed by atoms with van der Waals surface area (Å²) in [5.41, 5.74) is 0.644. The van der Waals surface area contributed by atoms with E-state index >= 15 is 0 Å². The summed E-state index contributed by atoms with van der Waals surface area (Å²) in [4.78, 5) is 20.6. The summed E-state index contributed by atoms with van der Waals surface area (Å²) in [7, 11) is 0. The molecule has 1 amide bonds. The molecule has 0 bridgehead atoms. The highest BCUT2D eigenvalue weighted by Gasteiger charge is 2.17. The first-order valence-corrected chi connectivity index (χ1v) is 8.52. The molecule has 2 N–H and O–H groups in total. The Morgan fingerprint density at radius 2 is 1.75 bits per heavy atom. The number of halogens is 3. The van der Waals surface area contributed by atoms with E-state index in [4.69, 9.17) is 0 Å². The van der Waals surface area contributed by atoms with Gasteiger partial charge in [0.15, 0.2) is 17.5 Å². The lowest BCUT2D eigenvalue weighted by Gasteiger charge is -2.10. The third-order valence-corrected chi connectivity index (χ3v) is 3.92. The normalized spacial score (nSPS) is 10.6. The molecule has 0 unspecified atom stereocenters. The van der Waals surface area contributed by atoms with Crippen LogP contribution in [0.15, 0.2) is 48.5 Å². The third kappa shape index (κ3) is 4.64. The molecule has 0 saturated carbocycles. The second-order valence-corrected chi connectivity index (χ2v) is 6.03. The molecular weight excluding hydrogens is 369 g/mol. The zero-order valence-electron chi connectivity index (χ0n) is 15.0. The smallest absolute Gasteiger partial charge is 0.274 e. The average molecular weight is 386 g/mol. The van der Waals surface area contributed by atoms with Crippen molar-refractivity contribution in [3.8, 4) is 0 Å². The maximum atomic E-state index is 13.8. The molecule has 5 nitrogen and oxygen atoms in total. The molecule has 0 aliphatic heterocycles. The van der Waals surface area contributed by atoms with Crippen molar-refractivity contribution in [2.45, 2.75) is 13.3 Å². The van der Waals surface area contributed by atoms with E-state index in [2.05, 4.69) is 20.6 Å². The van der Waals surface area contributed by atoms with Crippen LogP contribution in [0.4, 0.5) is 24.7 Å². The van der Waals surface area contributed by atoms with Crippen molar-refractivity contribution in [1.29, 1.82) is 0 Å². The Hall–Kier alpha value is -3.42. The fourth-order valence-corrected chi connectivity index (χ4v) is 2.56. The van der Waals surface area contributed by atoms with Crippen LogP contribution >= 0.6 is 0 Å². The van der Waals surface area contributed by atoms with E-state index in [-0.39, 0.29) is 5.69 Å². The molecule has 0 aliphatic carbocycles. The van der Waals surface area contributed by atoms with E-state index in [9.17, 15) is 18.0 Å². The zero-order valence-corrected chi connectivity index (χ0v) is 15.0. The van der Waals surface area contributed by atoms with Crippen LogP contribution in [0, 0.1) is 24.4 Å². The molecule has 0 radical (unpaired) electrons. The zero-order chi connectivity index (χ0) is 20.1. The van der Waals surface area contributed by atoms with Crippen LogP contribution < -0.4 is 10.6 Å². The van der Waals surface area contributed by atoms with Crippen LogP contribution in [0.2, 0.25) is 0 Å². The number of hydrogen-bond acceptors (Lipinski definition) is 4. The van der Waals surface area contributed by atoms with Crippen molar-refractivity contribution in [3.63, 3.8) is 0 Å². The van der Waals surface area contributed by atoms with E-state index in [1.807, 2.05) is 30.3 Å². The van der Waals surface area contributed by atoms with Crippen LogP contribution in [0.5, 0.6) is 0 Å². The van der Waals surface area contributed by atoms with Gasteiger partial charge in [0, 0.05) is 12.6 Å². The predicted octanol–water partition coefficient (Wildman–Crippen LogP) is 4.11. The summed E-state index contributed by atoms with van der Waals surface area (Å²) in [5.74, 6) is -4.46. The van der Waals surface area contributed by atoms with E-state index in [1.165, 1.54) is 6.07 Å². The Balaban J connectivity index is 1.70. The Labute approximate surface area is 159 Å². The van der Waals surface area contributed by atoms with Gasteiger partial charge in [0.1, 0.15) is 17.3 Å². The average Bonchev–Trinajstić information content (AvgIpc) is 2.69. The van der Waals surface area contributed by atoms with E-state index < -0.39 is 29.0 Å². The number of rotatable bonds is 6. The molecule has 8 heteroatoms. The topological polar surface area (TPSA) is 66.9 Å². The highest BCUT2D eigenvalue weighted by molar-refractivity contribution is 6.03. The van der Waals surface area contributed by atoms with Crippen LogP contribution in [-0.4, -0.2) is 22.4 Å². The van der Waals surface area contributed by atoms with Gasteiger partial charge in [-0.3, -0.25) is 4.79 Å². The number of aromatic nitrogens is 2. The van der Waals surface area contributed by atoms with Crippen molar-refractivity contribution >= 4 is 17.4 Å². The lowest BCUT2D eigenvalue weighted by molar-refractivity contribution is 0.102. The van der Waals surface area contributed by atoms with Crippen LogP contribution in [0.1, 0.15) is 21.9 Å². The minimum absolute atomic E-state index is 0.0288. The van der Waals surface area contributed by atoms with Crippen molar-refractivity contribution in [2.75, 3.05) is 17.2 Å². The van der Waals surface area contributed by atoms with Gasteiger partial charge in [-0.05, 0) is 31.0 Å². The monoisotopic (exact) mass is 386 g/mol. The molecule has 1 heterocycles. The molecule has 2 aromatic carbocycles. The lowest BCUT2D eigenvalue weighted by atomic mass is 10.1. The maximum Gasteiger partial charge on any atom is 0.274 e. The van der Waals surface area contributed by atoms with E-state index in [1.54, 1.807) is 6.92 Å². The Morgan fingerprint density at radius 1 is 1.00 bits per heavy atom. The van der Waals surface area contributed by atoms with Gasteiger partial charge in [-0.15, -0.1) is 0 Å². The molecule has 0 atom stereocenters. The van der Waals surface area contributed by atoms with Crippen molar-refractivity contribution < 1.29 is 18.0 Å². The molecule has 144 valence electrons. The Kier molecular flexibility index (Phi) is 5.88. The third-order valence-electron chi connectivity index (χ3n) is 3.92. The number of nitrogens with one attached hydrogen (secondary N) is 2. The maximum absolute atomic E-state index is 13.8. The van der Waals surface area contributed by atoms with Crippen LogP contribution in [-0.2, 0) is 6.42 Å². The van der Waals surface area contributed by atoms with Gasteiger partial charge in [-0.25, -0.2) is 23.1 Å². The Morgan fingerprint density at radius 3 is 2.50 bits per heavy atom. The second kappa shape index (κ2) is 8.51. The van der Waals surface area contributed by atoms with Crippen molar-refractivity contribution in [1.82, 2.24) is 9.97 Å². The first kappa shape index (κ1) is 19.3. The number of amides is 1. The standard InChI is InChI=1S/C20H17F3N4O/c1-12-25-16(20(28)27-15-8-7-14(21)18(22)19(15)23)11-17(26-12)24-10-9-13-5-3-2-4-6-13/h2-8,11H,9-10H2,1H3,(H,27,28)(H,24,25,26). The minimum atomic E-state index is -1.65. The largest absolute Gasteiger partial charge is 0.370 e. The number of anilines is 2. The summed E-state index contributed by atoms with van der Waals surface area (Å²) in [5, 5.41) is 5.30. The van der Waals surface area contributed by atoms with Gasteiger partial charge in [0.2, 0.25) is 0 Å². The van der Waals surface area contributed by atoms with Gasteiger partial charge < -0.3 is 10.6 Å². The van der Waals surface area contributed by atoms with E-state index in [0.29, 0.717) is 18.2 Å². The van der Waals surface area contributed by atoms with Crippen molar-refractivity contribution in [2.24, 2.45) is 0 Å². The molecule has 3 aromatic rings. The minimum Gasteiger partial charge on any atom is -0.370 e. The number of aryl methyl sites for hydroxylation is 1. The second-order valence-electron chi connectivity index (χ2n) is 6.03. The fourth-order valence-electron chi connectivity index (χ4n) is 2.56. The number of nitrogens with zero attached hydrogens (tertiary/aromatic N) is 2. The number of carbonyl (C=O) groups is 1. The predicted molar refractivity (Wildman–Crippen MR) is 99.7 cm³/mol. The highest BCUT2D eigenvalue weighted by Crippen LogP contribution is 2.20. The highest BCUT2D eigenvalue weighted by atomic mass is 19.2. The van der Waals surface area contributed by atoms with Gasteiger partial charge in [-0.2, -0.15) is 0 Å². The number of hydrogen-bond donors (Lipinski definition) is 2. The molecule has 28 heavy (non-hydrogen) atoms. The molecular formula is C20H17F3N4O. The summed E-state index contributed by atoms with van der Waals surface area (Å²) in [6.45, 7) is 2.19. The Bertz CT molecular complexity index is 996. The quantitative estimate of drug-likeness (QED) is 0.626. The first-order chi connectivity index (χ1) is 13.4. The van der Waals surface area contributed by atoms with Gasteiger partial charge in [0.25, 0.3) is 5.91 Å². The molecule has 0 fully saturated rings. The summed E-state index contributed by atoms with van der Waals surface area (Å²) >= 11 is 0. The SMILES string of the molecule is Cc1nc(NCCc2ccccc2)cc(C(=O)Nc2ccc(F)c(F)c2F)n1. The lowest BCUT2D eigenvalue weighted by Crippen LogP contribution is -2.17. The number of benzene rings is 2. The van der Waals surface area contributed by atoms with E-state index in [0.717, 1.165) is 24.1 Å². The van der Waals surface area contributed by atoms with Gasteiger partial charge >= 0.3 is 0 Å². The molecule has 0 spiro atoms. The molecule has 0 saturated heterocycles. The van der Waals surface area contributed by atoms with Gasteiger partial charge in [0.05, 0.1) is 5.69 Å². The van der Waals surface area contributed by atoms with Crippen LogP contribution in [0.25, 0.3) is 0 Å². The molecule has 0 aliphatic rings. The molecule has 1 aromatic heterocycles. The van der Waals surface area contributed by atoms with Crippen LogP contribution in [0.3, 0.4) is 0 Å². The fraction of sp³-hybridized carbons (Fsp3) is 0.150. The number of carbonyl (C=O) groups excluding carboxylic acids is 1. The first-order valence-electron chi connectivity index (χ1n) is 8.52. The summed E-state index contributed by atoms with van der Waals surface area (Å²) < 4.78 is 40.1. The van der Waals surface area contributed by atoms with Gasteiger partial charge in [-0.1, -0.05) is 30.3 Å². The summed E-state index contributed by atoms with van der Waals surface area (Å²) in [6, 6.07) is 12.9. The summed E-state index contributed by atoms with van der Waals surface area (Å²) in [6.07, 6.45) is 0.755. The van der Waals surface area contributed by atoms with Crippen molar-refractivity contribution in [3.05, 3.63) is 83.1 Å². The molecule has 3 rings (SSSR count).